The summed E-state index contributed by atoms with van der Waals surface area (Å²) in [7, 11) is 0. The number of nitrogens with zero attached hydrogens (tertiary/aromatic N) is 2. The molecule has 5 heteroatoms. The van der Waals surface area contributed by atoms with Gasteiger partial charge in [-0.2, -0.15) is 12.6 Å². The van der Waals surface area contributed by atoms with Gasteiger partial charge in [-0.25, -0.2) is 0 Å². The van der Waals surface area contributed by atoms with Crippen LogP contribution in [0.2, 0.25) is 0 Å². The molecule has 0 saturated carbocycles. The van der Waals surface area contributed by atoms with Crippen molar-refractivity contribution >= 4 is 37.4 Å². The lowest BCUT2D eigenvalue weighted by Crippen LogP contribution is -2.47. The number of halogens is 2. The van der Waals surface area contributed by atoms with Gasteiger partial charge in [-0.05, 0) is 31.2 Å². The van der Waals surface area contributed by atoms with Crippen LogP contribution in [-0.4, -0.2) is 48.3 Å². The van der Waals surface area contributed by atoms with Gasteiger partial charge in [0.05, 0.1) is 0 Å². The summed E-state index contributed by atoms with van der Waals surface area (Å²) in [6.07, 6.45) is 1.21. The van der Waals surface area contributed by atoms with Gasteiger partial charge in [-0.3, -0.25) is 4.90 Å². The van der Waals surface area contributed by atoms with Crippen LogP contribution in [0.4, 0.5) is 0 Å². The standard InChI is InChI=1S/C15H24N2S.2ClH/c1-14(15-6-3-2-4-7-15)17-11-9-16(10-12-17)8-5-13-18;;/h2-4,6-7,14,18H,5,8-13H2,1H3;2*1H. The highest BCUT2D eigenvalue weighted by atomic mass is 35.5. The topological polar surface area (TPSA) is 6.48 Å². The molecule has 116 valence electrons. The van der Waals surface area contributed by atoms with Crippen molar-refractivity contribution < 1.29 is 0 Å². The lowest BCUT2D eigenvalue weighted by molar-refractivity contribution is 0.103. The Morgan fingerprint density at radius 3 is 2.20 bits per heavy atom. The van der Waals surface area contributed by atoms with Crippen molar-refractivity contribution in [2.24, 2.45) is 0 Å². The zero-order chi connectivity index (χ0) is 12.8. The molecule has 0 aromatic heterocycles. The average Bonchev–Trinajstić information content (AvgIpc) is 2.46. The van der Waals surface area contributed by atoms with Crippen LogP contribution < -0.4 is 0 Å². The highest BCUT2D eigenvalue weighted by molar-refractivity contribution is 7.80. The summed E-state index contributed by atoms with van der Waals surface area (Å²) in [5.41, 5.74) is 1.43. The minimum Gasteiger partial charge on any atom is -0.301 e. The van der Waals surface area contributed by atoms with E-state index in [4.69, 9.17) is 0 Å². The van der Waals surface area contributed by atoms with Crippen molar-refractivity contribution in [1.82, 2.24) is 9.80 Å². The smallest absolute Gasteiger partial charge is 0.0320 e. The van der Waals surface area contributed by atoms with Crippen molar-refractivity contribution in [3.05, 3.63) is 35.9 Å². The molecule has 1 saturated heterocycles. The number of piperazine rings is 1. The summed E-state index contributed by atoms with van der Waals surface area (Å²) in [4.78, 5) is 5.15. The number of benzene rings is 1. The summed E-state index contributed by atoms with van der Waals surface area (Å²) in [5.74, 6) is 1.00. The molecule has 0 aliphatic carbocycles. The Morgan fingerprint density at radius 1 is 1.05 bits per heavy atom. The molecule has 20 heavy (non-hydrogen) atoms. The minimum atomic E-state index is 0. The van der Waals surface area contributed by atoms with Crippen molar-refractivity contribution in [3.8, 4) is 0 Å². The van der Waals surface area contributed by atoms with Gasteiger partial charge in [-0.15, -0.1) is 24.8 Å². The number of thiol groups is 1. The van der Waals surface area contributed by atoms with Crippen LogP contribution in [0, 0.1) is 0 Å². The first-order valence-electron chi connectivity index (χ1n) is 6.93. The molecule has 1 aliphatic heterocycles. The van der Waals surface area contributed by atoms with Gasteiger partial charge in [0.25, 0.3) is 0 Å². The predicted molar refractivity (Wildman–Crippen MR) is 95.8 cm³/mol. The second kappa shape index (κ2) is 10.7. The number of rotatable bonds is 5. The second-order valence-electron chi connectivity index (χ2n) is 5.04. The molecule has 1 fully saturated rings. The van der Waals surface area contributed by atoms with E-state index in [1.54, 1.807) is 0 Å². The van der Waals surface area contributed by atoms with Gasteiger partial charge in [0.1, 0.15) is 0 Å². The third-order valence-corrected chi connectivity index (χ3v) is 4.19. The predicted octanol–water partition coefficient (Wildman–Crippen LogP) is 3.53. The van der Waals surface area contributed by atoms with E-state index in [0.717, 1.165) is 5.75 Å². The van der Waals surface area contributed by atoms with Crippen molar-refractivity contribution in [3.63, 3.8) is 0 Å². The summed E-state index contributed by atoms with van der Waals surface area (Å²) in [6, 6.07) is 11.4. The van der Waals surface area contributed by atoms with E-state index in [2.05, 4.69) is 59.7 Å². The van der Waals surface area contributed by atoms with Crippen LogP contribution in [0.3, 0.4) is 0 Å². The number of hydrogen-bond donors (Lipinski definition) is 1. The molecule has 1 aromatic rings. The van der Waals surface area contributed by atoms with E-state index in [1.165, 1.54) is 44.7 Å². The number of hydrogen-bond acceptors (Lipinski definition) is 3. The molecule has 0 spiro atoms. The quantitative estimate of drug-likeness (QED) is 0.821. The summed E-state index contributed by atoms with van der Waals surface area (Å²) in [5, 5.41) is 0. The molecule has 1 unspecified atom stereocenters. The lowest BCUT2D eigenvalue weighted by atomic mass is 10.1. The Morgan fingerprint density at radius 2 is 1.65 bits per heavy atom. The van der Waals surface area contributed by atoms with Gasteiger partial charge in [0.2, 0.25) is 0 Å². The van der Waals surface area contributed by atoms with Crippen LogP contribution in [0.5, 0.6) is 0 Å². The minimum absolute atomic E-state index is 0. The fraction of sp³-hybridized carbons (Fsp3) is 0.600. The maximum Gasteiger partial charge on any atom is 0.0320 e. The fourth-order valence-corrected chi connectivity index (χ4v) is 2.75. The van der Waals surface area contributed by atoms with Crippen LogP contribution in [0.25, 0.3) is 0 Å². The van der Waals surface area contributed by atoms with E-state index < -0.39 is 0 Å². The zero-order valence-electron chi connectivity index (χ0n) is 12.1. The van der Waals surface area contributed by atoms with Crippen molar-refractivity contribution in [1.29, 1.82) is 0 Å². The van der Waals surface area contributed by atoms with Gasteiger partial charge < -0.3 is 4.90 Å². The summed E-state index contributed by atoms with van der Waals surface area (Å²) >= 11 is 4.28. The van der Waals surface area contributed by atoms with E-state index in [9.17, 15) is 0 Å². The summed E-state index contributed by atoms with van der Waals surface area (Å²) < 4.78 is 0. The van der Waals surface area contributed by atoms with Gasteiger partial charge in [0.15, 0.2) is 0 Å². The Bertz CT molecular complexity index is 343. The maximum absolute atomic E-state index is 4.28. The monoisotopic (exact) mass is 336 g/mol. The van der Waals surface area contributed by atoms with Crippen LogP contribution in [0.15, 0.2) is 30.3 Å². The molecular formula is C15H26Cl2N2S. The first kappa shape index (κ1) is 20.1. The fourth-order valence-electron chi connectivity index (χ4n) is 2.61. The maximum atomic E-state index is 4.28. The van der Waals surface area contributed by atoms with Gasteiger partial charge in [-0.1, -0.05) is 30.3 Å². The average molecular weight is 337 g/mol. The second-order valence-corrected chi connectivity index (χ2v) is 5.49. The molecule has 1 atom stereocenters. The molecule has 0 N–H and O–H groups in total. The van der Waals surface area contributed by atoms with Crippen LogP contribution >= 0.6 is 37.4 Å². The molecular weight excluding hydrogens is 311 g/mol. The highest BCUT2D eigenvalue weighted by Crippen LogP contribution is 2.21. The van der Waals surface area contributed by atoms with Gasteiger partial charge >= 0.3 is 0 Å². The normalized spacial score (nSPS) is 17.9. The third-order valence-electron chi connectivity index (χ3n) is 3.87. The summed E-state index contributed by atoms with van der Waals surface area (Å²) in [6.45, 7) is 8.29. The van der Waals surface area contributed by atoms with Crippen LogP contribution in [-0.2, 0) is 0 Å². The molecule has 1 heterocycles. The Balaban J connectivity index is 0.00000180. The Hall–Kier alpha value is 0.0700. The molecule has 2 rings (SSSR count). The first-order chi connectivity index (χ1) is 8.81. The van der Waals surface area contributed by atoms with E-state index in [-0.39, 0.29) is 24.8 Å². The zero-order valence-corrected chi connectivity index (χ0v) is 14.6. The Labute approximate surface area is 141 Å². The first-order valence-corrected chi connectivity index (χ1v) is 7.56. The third kappa shape index (κ3) is 5.82. The molecule has 1 aromatic carbocycles. The molecule has 0 bridgehead atoms. The Kier molecular flexibility index (Phi) is 10.8. The van der Waals surface area contributed by atoms with Crippen molar-refractivity contribution in [2.45, 2.75) is 19.4 Å². The van der Waals surface area contributed by atoms with E-state index >= 15 is 0 Å². The molecule has 2 nitrogen and oxygen atoms in total. The SMILES string of the molecule is CC(c1ccccc1)N1CCN(CCCS)CC1.Cl.Cl. The largest absolute Gasteiger partial charge is 0.301 e. The van der Waals surface area contributed by atoms with Gasteiger partial charge in [0, 0.05) is 32.2 Å². The van der Waals surface area contributed by atoms with E-state index in [0.29, 0.717) is 6.04 Å². The van der Waals surface area contributed by atoms with E-state index in [1.807, 2.05) is 0 Å². The highest BCUT2D eigenvalue weighted by Gasteiger charge is 2.21. The molecule has 0 amide bonds. The van der Waals surface area contributed by atoms with Crippen LogP contribution in [0.1, 0.15) is 24.9 Å². The molecule has 0 radical (unpaired) electrons. The lowest BCUT2D eigenvalue weighted by Gasteiger charge is -2.38. The molecule has 1 aliphatic rings. The van der Waals surface area contributed by atoms with Crippen molar-refractivity contribution in [2.75, 3.05) is 38.5 Å².